The van der Waals surface area contributed by atoms with Crippen molar-refractivity contribution in [3.8, 4) is 0 Å². The predicted molar refractivity (Wildman–Crippen MR) is 51.1 cm³/mol. The summed E-state index contributed by atoms with van der Waals surface area (Å²) in [6.07, 6.45) is 1.30. The summed E-state index contributed by atoms with van der Waals surface area (Å²) in [4.78, 5) is 0. The van der Waals surface area contributed by atoms with E-state index in [0.29, 0.717) is 12.8 Å². The molecule has 70 valence electrons. The maximum Gasteiger partial charge on any atom is 0.136 e. The zero-order chi connectivity index (χ0) is 9.47. The van der Waals surface area contributed by atoms with Crippen LogP contribution >= 0.6 is 0 Å². The molecule has 0 aliphatic heterocycles. The van der Waals surface area contributed by atoms with Crippen LogP contribution in [0.25, 0.3) is 0 Å². The predicted octanol–water partition coefficient (Wildman–Crippen LogP) is 2.66. The van der Waals surface area contributed by atoms with E-state index in [4.69, 9.17) is 5.73 Å². The lowest BCUT2D eigenvalue weighted by molar-refractivity contribution is 0.314. The molecule has 1 atom stereocenters. The van der Waals surface area contributed by atoms with Crippen molar-refractivity contribution in [2.45, 2.75) is 31.5 Å². The summed E-state index contributed by atoms with van der Waals surface area (Å²) < 4.78 is 13.8. The Balaban J connectivity index is 2.44. The molecule has 2 heteroatoms. The van der Waals surface area contributed by atoms with E-state index in [2.05, 4.69) is 0 Å². The molecule has 0 spiro atoms. The van der Waals surface area contributed by atoms with Crippen LogP contribution in [0.4, 0.5) is 4.39 Å². The number of halogens is 1. The van der Waals surface area contributed by atoms with Crippen LogP contribution in [0.15, 0.2) is 24.3 Å². The summed E-state index contributed by atoms with van der Waals surface area (Å²) in [5.41, 5.74) is 6.45. The molecular weight excluding hydrogens is 165 g/mol. The van der Waals surface area contributed by atoms with Crippen LogP contribution in [-0.2, 0) is 5.67 Å². The van der Waals surface area contributed by atoms with Crippen LogP contribution in [0.2, 0.25) is 0 Å². The average Bonchev–Trinajstić information content (AvgIpc) is 2.85. The second-order valence-corrected chi connectivity index (χ2v) is 3.84. The molecule has 0 heterocycles. The summed E-state index contributed by atoms with van der Waals surface area (Å²) >= 11 is 0. The van der Waals surface area contributed by atoms with Crippen molar-refractivity contribution in [2.75, 3.05) is 0 Å². The molecule has 1 aromatic carbocycles. The maximum absolute atomic E-state index is 13.8. The monoisotopic (exact) mass is 179 g/mol. The molecule has 2 N–H and O–H groups in total. The molecule has 1 aliphatic rings. The maximum atomic E-state index is 13.8. The van der Waals surface area contributed by atoms with Crippen molar-refractivity contribution < 1.29 is 4.39 Å². The number of nitrogens with two attached hydrogens (primary N) is 1. The molecule has 0 radical (unpaired) electrons. The molecule has 0 aromatic heterocycles. The third kappa shape index (κ3) is 1.46. The first-order valence-electron chi connectivity index (χ1n) is 4.67. The second-order valence-electron chi connectivity index (χ2n) is 3.84. The lowest BCUT2D eigenvalue weighted by Gasteiger charge is -2.14. The summed E-state index contributed by atoms with van der Waals surface area (Å²) in [5, 5.41) is 0. The average molecular weight is 179 g/mol. The molecule has 0 bridgehead atoms. The Kier molecular flexibility index (Phi) is 1.88. The van der Waals surface area contributed by atoms with Crippen molar-refractivity contribution in [1.29, 1.82) is 0 Å². The highest BCUT2D eigenvalue weighted by molar-refractivity contribution is 5.37. The Morgan fingerprint density at radius 1 is 1.38 bits per heavy atom. The zero-order valence-electron chi connectivity index (χ0n) is 7.76. The molecule has 0 amide bonds. The van der Waals surface area contributed by atoms with Gasteiger partial charge in [0.2, 0.25) is 0 Å². The van der Waals surface area contributed by atoms with Crippen LogP contribution in [0.1, 0.15) is 36.9 Å². The second kappa shape index (κ2) is 2.81. The summed E-state index contributed by atoms with van der Waals surface area (Å²) in [6, 6.07) is 7.48. The standard InChI is InChI=1S/C11H14FN/c1-8(13)9-4-2-3-5-10(9)11(12)6-7-11/h2-5,8H,6-7,13H2,1H3. The van der Waals surface area contributed by atoms with Gasteiger partial charge in [-0.1, -0.05) is 24.3 Å². The molecule has 1 aliphatic carbocycles. The normalized spacial score (nSPS) is 21.2. The van der Waals surface area contributed by atoms with Gasteiger partial charge in [-0.15, -0.1) is 0 Å². The molecular formula is C11H14FN. The molecule has 1 aromatic rings. The molecule has 13 heavy (non-hydrogen) atoms. The van der Waals surface area contributed by atoms with Gasteiger partial charge in [0, 0.05) is 6.04 Å². The number of rotatable bonds is 2. The summed E-state index contributed by atoms with van der Waals surface area (Å²) in [6.45, 7) is 1.89. The highest BCUT2D eigenvalue weighted by Crippen LogP contribution is 2.51. The number of hydrogen-bond acceptors (Lipinski definition) is 1. The van der Waals surface area contributed by atoms with E-state index in [1.807, 2.05) is 31.2 Å². The van der Waals surface area contributed by atoms with Crippen LogP contribution < -0.4 is 5.73 Å². The van der Waals surface area contributed by atoms with Gasteiger partial charge in [-0.3, -0.25) is 0 Å². The van der Waals surface area contributed by atoms with E-state index >= 15 is 0 Å². The smallest absolute Gasteiger partial charge is 0.136 e. The zero-order valence-corrected chi connectivity index (χ0v) is 7.76. The van der Waals surface area contributed by atoms with Gasteiger partial charge in [0.25, 0.3) is 0 Å². The third-order valence-corrected chi connectivity index (χ3v) is 2.62. The van der Waals surface area contributed by atoms with Crippen LogP contribution in [-0.4, -0.2) is 0 Å². The van der Waals surface area contributed by atoms with Crippen molar-refractivity contribution in [3.05, 3.63) is 35.4 Å². The largest absolute Gasteiger partial charge is 0.324 e. The van der Waals surface area contributed by atoms with E-state index in [1.54, 1.807) is 0 Å². The van der Waals surface area contributed by atoms with Crippen LogP contribution in [0.5, 0.6) is 0 Å². The van der Waals surface area contributed by atoms with Crippen molar-refractivity contribution >= 4 is 0 Å². The number of hydrogen-bond donors (Lipinski definition) is 1. The van der Waals surface area contributed by atoms with Crippen molar-refractivity contribution in [3.63, 3.8) is 0 Å². The minimum Gasteiger partial charge on any atom is -0.324 e. The van der Waals surface area contributed by atoms with Crippen molar-refractivity contribution in [2.24, 2.45) is 5.73 Å². The minimum atomic E-state index is -1.07. The van der Waals surface area contributed by atoms with Crippen LogP contribution in [0, 0.1) is 0 Å². The van der Waals surface area contributed by atoms with Gasteiger partial charge < -0.3 is 5.73 Å². The fraction of sp³-hybridized carbons (Fsp3) is 0.455. The van der Waals surface area contributed by atoms with E-state index in [1.165, 1.54) is 0 Å². The summed E-state index contributed by atoms with van der Waals surface area (Å²) in [5.74, 6) is 0. The molecule has 1 unspecified atom stereocenters. The van der Waals surface area contributed by atoms with Crippen molar-refractivity contribution in [1.82, 2.24) is 0 Å². The number of alkyl halides is 1. The Morgan fingerprint density at radius 3 is 2.54 bits per heavy atom. The highest BCUT2D eigenvalue weighted by Gasteiger charge is 2.46. The first-order chi connectivity index (χ1) is 6.13. The lowest BCUT2D eigenvalue weighted by atomic mass is 9.97. The van der Waals surface area contributed by atoms with E-state index in [0.717, 1.165) is 11.1 Å². The SMILES string of the molecule is CC(N)c1ccccc1C1(F)CC1. The first kappa shape index (κ1) is 8.70. The molecule has 1 nitrogen and oxygen atoms in total. The fourth-order valence-electron chi connectivity index (χ4n) is 1.68. The Hall–Kier alpha value is -0.890. The summed E-state index contributed by atoms with van der Waals surface area (Å²) in [7, 11) is 0. The van der Waals surface area contributed by atoms with Gasteiger partial charge in [-0.2, -0.15) is 0 Å². The molecule has 1 fully saturated rings. The number of benzene rings is 1. The van der Waals surface area contributed by atoms with E-state index in [9.17, 15) is 4.39 Å². The van der Waals surface area contributed by atoms with Gasteiger partial charge in [-0.25, -0.2) is 4.39 Å². The fourth-order valence-corrected chi connectivity index (χ4v) is 1.68. The topological polar surface area (TPSA) is 26.0 Å². The van der Waals surface area contributed by atoms with Gasteiger partial charge in [0.1, 0.15) is 5.67 Å². The third-order valence-electron chi connectivity index (χ3n) is 2.62. The Bertz CT molecular complexity index is 316. The molecule has 0 saturated heterocycles. The minimum absolute atomic E-state index is 0.0792. The van der Waals surface area contributed by atoms with Gasteiger partial charge in [-0.05, 0) is 30.9 Å². The lowest BCUT2D eigenvalue weighted by Crippen LogP contribution is -2.11. The highest BCUT2D eigenvalue weighted by atomic mass is 19.1. The van der Waals surface area contributed by atoms with Gasteiger partial charge >= 0.3 is 0 Å². The first-order valence-corrected chi connectivity index (χ1v) is 4.67. The van der Waals surface area contributed by atoms with Crippen LogP contribution in [0.3, 0.4) is 0 Å². The quantitative estimate of drug-likeness (QED) is 0.742. The van der Waals surface area contributed by atoms with Gasteiger partial charge in [0.15, 0.2) is 0 Å². The Morgan fingerprint density at radius 2 is 2.00 bits per heavy atom. The van der Waals surface area contributed by atoms with E-state index < -0.39 is 5.67 Å². The molecule has 1 saturated carbocycles. The van der Waals surface area contributed by atoms with E-state index in [-0.39, 0.29) is 6.04 Å². The van der Waals surface area contributed by atoms with Gasteiger partial charge in [0.05, 0.1) is 0 Å². The molecule has 2 rings (SSSR count). The Labute approximate surface area is 77.8 Å².